The third kappa shape index (κ3) is 2.61. The molecule has 1 aliphatic rings. The van der Waals surface area contributed by atoms with Gasteiger partial charge in [-0.1, -0.05) is 12.1 Å². The Morgan fingerprint density at radius 1 is 1.31 bits per heavy atom. The first-order valence-electron chi connectivity index (χ1n) is 5.81. The van der Waals surface area contributed by atoms with Crippen LogP contribution in [-0.2, 0) is 0 Å². The smallest absolute Gasteiger partial charge is 0.335 e. The Kier molecular flexibility index (Phi) is 3.57. The number of nitrogens with one attached hydrogen (secondary N) is 1. The molecule has 0 unspecified atom stereocenters. The minimum atomic E-state index is -0.839. The van der Waals surface area contributed by atoms with E-state index in [0.717, 1.165) is 25.9 Å². The average molecular weight is 219 g/mol. The monoisotopic (exact) mass is 219 g/mol. The largest absolute Gasteiger partial charge is 0.478 e. The van der Waals surface area contributed by atoms with Gasteiger partial charge in [-0.25, -0.2) is 4.79 Å². The lowest BCUT2D eigenvalue weighted by Gasteiger charge is -2.14. The molecule has 3 heteroatoms. The van der Waals surface area contributed by atoms with Crippen molar-refractivity contribution in [1.29, 1.82) is 0 Å². The predicted octanol–water partition coefficient (Wildman–Crippen LogP) is 2.24. The van der Waals surface area contributed by atoms with Crippen molar-refractivity contribution >= 4 is 5.97 Å². The van der Waals surface area contributed by atoms with Crippen LogP contribution in [0, 0.1) is 0 Å². The van der Waals surface area contributed by atoms with E-state index in [-0.39, 0.29) is 0 Å². The molecule has 1 aromatic carbocycles. The summed E-state index contributed by atoms with van der Waals surface area (Å²) < 4.78 is 0. The van der Waals surface area contributed by atoms with Gasteiger partial charge in [-0.05, 0) is 56.0 Å². The minimum absolute atomic E-state index is 0.398. The third-order valence-electron chi connectivity index (χ3n) is 3.18. The molecule has 0 amide bonds. The summed E-state index contributed by atoms with van der Waals surface area (Å²) in [4.78, 5) is 10.9. The second-order valence-corrected chi connectivity index (χ2v) is 4.31. The summed E-state index contributed by atoms with van der Waals surface area (Å²) >= 11 is 0. The molecule has 0 aromatic heterocycles. The molecular formula is C13H17NO2. The molecule has 2 rings (SSSR count). The van der Waals surface area contributed by atoms with Crippen LogP contribution in [0.5, 0.6) is 0 Å². The van der Waals surface area contributed by atoms with Crippen LogP contribution in [-0.4, -0.2) is 24.2 Å². The van der Waals surface area contributed by atoms with E-state index in [9.17, 15) is 4.79 Å². The van der Waals surface area contributed by atoms with Crippen LogP contribution < -0.4 is 5.32 Å². The quantitative estimate of drug-likeness (QED) is 0.802. The highest BCUT2D eigenvalue weighted by atomic mass is 16.4. The summed E-state index contributed by atoms with van der Waals surface area (Å²) in [6.45, 7) is 2.11. The molecule has 0 bridgehead atoms. The van der Waals surface area contributed by atoms with Crippen LogP contribution in [0.25, 0.3) is 0 Å². The fourth-order valence-corrected chi connectivity index (χ4v) is 2.28. The Bertz CT molecular complexity index is 368. The van der Waals surface area contributed by atoms with Crippen molar-refractivity contribution in [3.63, 3.8) is 0 Å². The zero-order chi connectivity index (χ0) is 11.4. The molecule has 0 radical (unpaired) electrons. The minimum Gasteiger partial charge on any atom is -0.478 e. The third-order valence-corrected chi connectivity index (χ3v) is 3.18. The molecule has 86 valence electrons. The second kappa shape index (κ2) is 5.12. The highest BCUT2D eigenvalue weighted by Gasteiger charge is 2.15. The first-order valence-corrected chi connectivity index (χ1v) is 5.81. The molecule has 1 aliphatic heterocycles. The van der Waals surface area contributed by atoms with Crippen LogP contribution >= 0.6 is 0 Å². The van der Waals surface area contributed by atoms with Crippen LogP contribution in [0.4, 0.5) is 0 Å². The molecule has 0 spiro atoms. The van der Waals surface area contributed by atoms with Gasteiger partial charge in [0.25, 0.3) is 0 Å². The highest BCUT2D eigenvalue weighted by Crippen LogP contribution is 2.26. The van der Waals surface area contributed by atoms with E-state index in [1.165, 1.54) is 12.0 Å². The fraction of sp³-hybridized carbons (Fsp3) is 0.462. The van der Waals surface area contributed by atoms with E-state index >= 15 is 0 Å². The molecule has 1 heterocycles. The van der Waals surface area contributed by atoms with Crippen LogP contribution in [0.15, 0.2) is 24.3 Å². The zero-order valence-electron chi connectivity index (χ0n) is 9.28. The number of benzene rings is 1. The van der Waals surface area contributed by atoms with Gasteiger partial charge >= 0.3 is 5.97 Å². The van der Waals surface area contributed by atoms with E-state index in [1.54, 1.807) is 6.07 Å². The summed E-state index contributed by atoms with van der Waals surface area (Å²) in [5, 5.41) is 12.3. The Morgan fingerprint density at radius 3 is 3.00 bits per heavy atom. The maximum absolute atomic E-state index is 10.9. The standard InChI is InChI=1S/C13H17NO2/c15-13(16)12-4-1-3-11(9-12)10-5-2-7-14-8-6-10/h1,3-4,9-10,14H,2,5-8H2,(H,15,16)/t10-/m0/s1. The van der Waals surface area contributed by atoms with Crippen molar-refractivity contribution < 1.29 is 9.90 Å². The van der Waals surface area contributed by atoms with Gasteiger partial charge in [0.05, 0.1) is 5.56 Å². The molecule has 1 atom stereocenters. The van der Waals surface area contributed by atoms with Gasteiger partial charge in [0, 0.05) is 0 Å². The number of carboxylic acids is 1. The molecule has 16 heavy (non-hydrogen) atoms. The molecule has 0 saturated carbocycles. The number of rotatable bonds is 2. The zero-order valence-corrected chi connectivity index (χ0v) is 9.28. The van der Waals surface area contributed by atoms with Crippen molar-refractivity contribution in [2.45, 2.75) is 25.2 Å². The molecular weight excluding hydrogens is 202 g/mol. The number of hydrogen-bond donors (Lipinski definition) is 2. The summed E-state index contributed by atoms with van der Waals surface area (Å²) in [5.74, 6) is -0.331. The van der Waals surface area contributed by atoms with E-state index in [4.69, 9.17) is 5.11 Å². The highest BCUT2D eigenvalue weighted by molar-refractivity contribution is 5.87. The van der Waals surface area contributed by atoms with Gasteiger partial charge < -0.3 is 10.4 Å². The van der Waals surface area contributed by atoms with Gasteiger partial charge in [0.15, 0.2) is 0 Å². The first kappa shape index (κ1) is 11.1. The van der Waals surface area contributed by atoms with Crippen molar-refractivity contribution in [2.24, 2.45) is 0 Å². The van der Waals surface area contributed by atoms with Crippen LogP contribution in [0.1, 0.15) is 41.1 Å². The predicted molar refractivity (Wildman–Crippen MR) is 62.9 cm³/mol. The number of hydrogen-bond acceptors (Lipinski definition) is 2. The van der Waals surface area contributed by atoms with Gasteiger partial charge in [0.1, 0.15) is 0 Å². The van der Waals surface area contributed by atoms with Gasteiger partial charge in [0.2, 0.25) is 0 Å². The molecule has 0 aliphatic carbocycles. The second-order valence-electron chi connectivity index (χ2n) is 4.31. The maximum Gasteiger partial charge on any atom is 0.335 e. The summed E-state index contributed by atoms with van der Waals surface area (Å²) in [6.07, 6.45) is 3.42. The van der Waals surface area contributed by atoms with Crippen LogP contribution in [0.2, 0.25) is 0 Å². The summed E-state index contributed by atoms with van der Waals surface area (Å²) in [6, 6.07) is 7.36. The Labute approximate surface area is 95.5 Å². The summed E-state index contributed by atoms with van der Waals surface area (Å²) in [5.41, 5.74) is 1.57. The SMILES string of the molecule is O=C(O)c1cccc([C@H]2CCCNCC2)c1. The number of aromatic carboxylic acids is 1. The molecule has 1 saturated heterocycles. The van der Waals surface area contributed by atoms with Gasteiger partial charge in [-0.2, -0.15) is 0 Å². The topological polar surface area (TPSA) is 49.3 Å². The first-order chi connectivity index (χ1) is 7.77. The fourth-order valence-electron chi connectivity index (χ4n) is 2.28. The van der Waals surface area contributed by atoms with E-state index in [0.29, 0.717) is 11.5 Å². The van der Waals surface area contributed by atoms with E-state index in [2.05, 4.69) is 5.32 Å². The summed E-state index contributed by atoms with van der Waals surface area (Å²) in [7, 11) is 0. The van der Waals surface area contributed by atoms with E-state index in [1.807, 2.05) is 18.2 Å². The molecule has 1 aromatic rings. The lowest BCUT2D eigenvalue weighted by atomic mass is 9.91. The normalized spacial score (nSPS) is 21.4. The molecule has 2 N–H and O–H groups in total. The Morgan fingerprint density at radius 2 is 2.19 bits per heavy atom. The lowest BCUT2D eigenvalue weighted by Crippen LogP contribution is -2.13. The Hall–Kier alpha value is -1.35. The lowest BCUT2D eigenvalue weighted by molar-refractivity contribution is 0.0696. The van der Waals surface area contributed by atoms with Crippen molar-refractivity contribution in [1.82, 2.24) is 5.32 Å². The molecule has 3 nitrogen and oxygen atoms in total. The molecule has 1 fully saturated rings. The van der Waals surface area contributed by atoms with Crippen molar-refractivity contribution in [2.75, 3.05) is 13.1 Å². The van der Waals surface area contributed by atoms with Gasteiger partial charge in [-0.3, -0.25) is 0 Å². The van der Waals surface area contributed by atoms with Crippen LogP contribution in [0.3, 0.4) is 0 Å². The van der Waals surface area contributed by atoms with E-state index < -0.39 is 5.97 Å². The van der Waals surface area contributed by atoms with Crippen molar-refractivity contribution in [3.8, 4) is 0 Å². The number of carbonyl (C=O) groups is 1. The Balaban J connectivity index is 2.18. The average Bonchev–Trinajstić information content (AvgIpc) is 2.57. The maximum atomic E-state index is 10.9. The number of carboxylic acid groups (broad SMARTS) is 1. The van der Waals surface area contributed by atoms with Crippen molar-refractivity contribution in [3.05, 3.63) is 35.4 Å². The van der Waals surface area contributed by atoms with Gasteiger partial charge in [-0.15, -0.1) is 0 Å².